The van der Waals surface area contributed by atoms with Crippen LogP contribution in [0.15, 0.2) is 12.3 Å². The van der Waals surface area contributed by atoms with Crippen molar-refractivity contribution in [1.29, 1.82) is 0 Å². The lowest BCUT2D eigenvalue weighted by atomic mass is 9.80. The van der Waals surface area contributed by atoms with Crippen LogP contribution in [0.3, 0.4) is 0 Å². The van der Waals surface area contributed by atoms with E-state index in [1.807, 2.05) is 19.2 Å². The molecule has 1 aliphatic rings. The Morgan fingerprint density at radius 1 is 1.47 bits per heavy atom. The van der Waals surface area contributed by atoms with E-state index in [4.69, 9.17) is 18.0 Å². The molecular formula is C15H23N3S. The number of aromatic nitrogens is 1. The Kier molecular flexibility index (Phi) is 4.75. The number of rotatable bonds is 4. The number of hydrogen-bond acceptors (Lipinski definition) is 3. The highest BCUT2D eigenvalue weighted by Crippen LogP contribution is 2.30. The first kappa shape index (κ1) is 14.3. The Labute approximate surface area is 121 Å². The Morgan fingerprint density at radius 2 is 2.21 bits per heavy atom. The molecular weight excluding hydrogens is 254 g/mol. The van der Waals surface area contributed by atoms with Gasteiger partial charge < -0.3 is 11.1 Å². The Balaban J connectivity index is 2.07. The molecule has 19 heavy (non-hydrogen) atoms. The molecule has 0 amide bonds. The lowest BCUT2D eigenvalue weighted by molar-refractivity contribution is 0.268. The minimum absolute atomic E-state index is 0.421. The van der Waals surface area contributed by atoms with Crippen LogP contribution in [0.4, 0.5) is 5.82 Å². The number of pyridine rings is 1. The number of aryl methyl sites for hydroxylation is 1. The fourth-order valence-corrected chi connectivity index (χ4v) is 3.19. The first-order valence-corrected chi connectivity index (χ1v) is 7.49. The highest BCUT2D eigenvalue weighted by atomic mass is 32.1. The van der Waals surface area contributed by atoms with Crippen LogP contribution in [0.5, 0.6) is 0 Å². The number of thiocarbonyl (C=S) groups is 1. The maximum absolute atomic E-state index is 5.80. The lowest BCUT2D eigenvalue weighted by Gasteiger charge is -2.29. The first-order valence-electron chi connectivity index (χ1n) is 7.09. The third kappa shape index (κ3) is 3.44. The van der Waals surface area contributed by atoms with Crippen LogP contribution >= 0.6 is 12.2 Å². The number of hydrogen-bond donors (Lipinski definition) is 2. The third-order valence-corrected chi connectivity index (χ3v) is 4.43. The predicted octanol–water partition coefficient (Wildman–Crippen LogP) is 3.26. The van der Waals surface area contributed by atoms with Crippen molar-refractivity contribution in [3.63, 3.8) is 0 Å². The Bertz CT molecular complexity index is 459. The van der Waals surface area contributed by atoms with E-state index in [1.165, 1.54) is 25.7 Å². The second-order valence-corrected chi connectivity index (χ2v) is 6.06. The van der Waals surface area contributed by atoms with Crippen molar-refractivity contribution in [3.05, 3.63) is 23.4 Å². The molecule has 2 rings (SSSR count). The maximum atomic E-state index is 5.80. The zero-order valence-corrected chi connectivity index (χ0v) is 12.6. The highest BCUT2D eigenvalue weighted by molar-refractivity contribution is 7.80. The molecule has 1 fully saturated rings. The topological polar surface area (TPSA) is 50.9 Å². The average molecular weight is 277 g/mol. The monoisotopic (exact) mass is 277 g/mol. The van der Waals surface area contributed by atoms with Gasteiger partial charge in [-0.2, -0.15) is 0 Å². The van der Waals surface area contributed by atoms with Crippen molar-refractivity contribution in [2.75, 3.05) is 11.9 Å². The van der Waals surface area contributed by atoms with Crippen LogP contribution in [0.25, 0.3) is 0 Å². The highest BCUT2D eigenvalue weighted by Gasteiger charge is 2.21. The van der Waals surface area contributed by atoms with Crippen molar-refractivity contribution < 1.29 is 0 Å². The molecule has 1 aromatic heterocycles. The smallest absolute Gasteiger partial charge is 0.136 e. The third-order valence-electron chi connectivity index (χ3n) is 4.23. The minimum Gasteiger partial charge on any atom is -0.389 e. The molecule has 3 N–H and O–H groups in total. The van der Waals surface area contributed by atoms with E-state index in [0.29, 0.717) is 4.99 Å². The number of nitrogens with zero attached hydrogens (tertiary/aromatic N) is 1. The van der Waals surface area contributed by atoms with Gasteiger partial charge in [-0.25, -0.2) is 4.98 Å². The molecule has 2 unspecified atom stereocenters. The van der Waals surface area contributed by atoms with E-state index in [-0.39, 0.29) is 0 Å². The summed E-state index contributed by atoms with van der Waals surface area (Å²) in [6.45, 7) is 5.33. The molecule has 3 nitrogen and oxygen atoms in total. The molecule has 1 saturated carbocycles. The summed E-state index contributed by atoms with van der Waals surface area (Å²) in [7, 11) is 0. The summed E-state index contributed by atoms with van der Waals surface area (Å²) in [5.41, 5.74) is 7.78. The molecule has 104 valence electrons. The second-order valence-electron chi connectivity index (χ2n) is 5.62. The molecule has 0 bridgehead atoms. The van der Waals surface area contributed by atoms with Gasteiger partial charge in [0.1, 0.15) is 10.8 Å². The van der Waals surface area contributed by atoms with Crippen molar-refractivity contribution in [2.45, 2.75) is 39.5 Å². The largest absolute Gasteiger partial charge is 0.389 e. The normalized spacial score (nSPS) is 23.1. The van der Waals surface area contributed by atoms with Gasteiger partial charge in [0.15, 0.2) is 0 Å². The van der Waals surface area contributed by atoms with Gasteiger partial charge in [0.2, 0.25) is 0 Å². The predicted molar refractivity (Wildman–Crippen MR) is 84.5 cm³/mol. The van der Waals surface area contributed by atoms with Gasteiger partial charge in [-0.05, 0) is 36.8 Å². The number of nitrogens with two attached hydrogens (primary N) is 1. The van der Waals surface area contributed by atoms with Crippen molar-refractivity contribution in [1.82, 2.24) is 4.98 Å². The van der Waals surface area contributed by atoms with Gasteiger partial charge in [0.05, 0.1) is 5.56 Å². The van der Waals surface area contributed by atoms with Gasteiger partial charge >= 0.3 is 0 Å². The van der Waals surface area contributed by atoms with Gasteiger partial charge in [-0.1, -0.05) is 38.4 Å². The van der Waals surface area contributed by atoms with Crippen LogP contribution in [0, 0.1) is 18.8 Å². The van der Waals surface area contributed by atoms with Gasteiger partial charge in [-0.3, -0.25) is 0 Å². The van der Waals surface area contributed by atoms with E-state index in [0.717, 1.165) is 35.3 Å². The molecule has 0 spiro atoms. The standard InChI is InChI=1S/C15H23N3S/c1-10-5-3-4-6-12(10)9-18-15-13(14(16)19)11(2)7-8-17-15/h7-8,10,12H,3-6,9H2,1-2H3,(H2,16,19)(H,17,18). The van der Waals surface area contributed by atoms with Crippen LogP contribution < -0.4 is 11.1 Å². The minimum atomic E-state index is 0.421. The average Bonchev–Trinajstić information content (AvgIpc) is 2.37. The quantitative estimate of drug-likeness (QED) is 0.829. The van der Waals surface area contributed by atoms with E-state index in [9.17, 15) is 0 Å². The van der Waals surface area contributed by atoms with Gasteiger partial charge in [0.25, 0.3) is 0 Å². The van der Waals surface area contributed by atoms with Crippen molar-refractivity contribution in [3.8, 4) is 0 Å². The van der Waals surface area contributed by atoms with Crippen LogP contribution in [-0.2, 0) is 0 Å². The van der Waals surface area contributed by atoms with Crippen LogP contribution in [0.1, 0.15) is 43.7 Å². The molecule has 0 aliphatic heterocycles. The van der Waals surface area contributed by atoms with Crippen LogP contribution in [-0.4, -0.2) is 16.5 Å². The summed E-state index contributed by atoms with van der Waals surface area (Å²) < 4.78 is 0. The maximum Gasteiger partial charge on any atom is 0.136 e. The molecule has 1 heterocycles. The zero-order chi connectivity index (χ0) is 13.8. The summed E-state index contributed by atoms with van der Waals surface area (Å²) in [6.07, 6.45) is 7.18. The SMILES string of the molecule is Cc1ccnc(NCC2CCCCC2C)c1C(N)=S. The molecule has 1 aromatic rings. The Morgan fingerprint density at radius 3 is 2.89 bits per heavy atom. The molecule has 4 heteroatoms. The fourth-order valence-electron chi connectivity index (χ4n) is 2.93. The van der Waals surface area contributed by atoms with Crippen molar-refractivity contribution >= 4 is 23.0 Å². The van der Waals surface area contributed by atoms with E-state index >= 15 is 0 Å². The Hall–Kier alpha value is -1.16. The van der Waals surface area contributed by atoms with E-state index in [2.05, 4.69) is 17.2 Å². The molecule has 2 atom stereocenters. The molecule has 0 saturated heterocycles. The van der Waals surface area contributed by atoms with Crippen molar-refractivity contribution in [2.24, 2.45) is 17.6 Å². The van der Waals surface area contributed by atoms with Gasteiger partial charge in [-0.15, -0.1) is 0 Å². The summed E-state index contributed by atoms with van der Waals surface area (Å²) in [6, 6.07) is 1.95. The van der Waals surface area contributed by atoms with Crippen LogP contribution in [0.2, 0.25) is 0 Å². The molecule has 1 aliphatic carbocycles. The molecule has 0 radical (unpaired) electrons. The second kappa shape index (κ2) is 6.33. The molecule has 0 aromatic carbocycles. The van der Waals surface area contributed by atoms with E-state index < -0.39 is 0 Å². The summed E-state index contributed by atoms with van der Waals surface area (Å²) >= 11 is 5.13. The lowest BCUT2D eigenvalue weighted by Crippen LogP contribution is -2.26. The fraction of sp³-hybridized carbons (Fsp3) is 0.600. The number of nitrogens with one attached hydrogen (secondary N) is 1. The van der Waals surface area contributed by atoms with Gasteiger partial charge in [0, 0.05) is 12.7 Å². The summed E-state index contributed by atoms with van der Waals surface area (Å²) in [4.78, 5) is 4.81. The summed E-state index contributed by atoms with van der Waals surface area (Å²) in [5.74, 6) is 2.36. The van der Waals surface area contributed by atoms with E-state index in [1.54, 1.807) is 0 Å². The summed E-state index contributed by atoms with van der Waals surface area (Å²) in [5, 5.41) is 3.46. The first-order chi connectivity index (χ1) is 9.09. The zero-order valence-electron chi connectivity index (χ0n) is 11.8. The number of anilines is 1.